The quantitative estimate of drug-likeness (QED) is 0.830. The third-order valence-electron chi connectivity index (χ3n) is 3.74. The monoisotopic (exact) mass is 310 g/mol. The van der Waals surface area contributed by atoms with E-state index in [4.69, 9.17) is 0 Å². The van der Waals surface area contributed by atoms with E-state index in [-0.39, 0.29) is 11.4 Å². The first-order valence-corrected chi connectivity index (χ1v) is 7.96. The van der Waals surface area contributed by atoms with Crippen molar-refractivity contribution in [1.82, 2.24) is 5.32 Å². The average molecular weight is 310 g/mol. The van der Waals surface area contributed by atoms with Crippen molar-refractivity contribution >= 4 is 11.7 Å². The summed E-state index contributed by atoms with van der Waals surface area (Å²) < 4.78 is 0. The van der Waals surface area contributed by atoms with Gasteiger partial charge in [0.25, 0.3) is 0 Å². The first-order valence-electron chi connectivity index (χ1n) is 7.96. The summed E-state index contributed by atoms with van der Waals surface area (Å²) in [6.45, 7) is 11.2. The lowest BCUT2D eigenvalue weighted by Crippen LogP contribution is -2.28. The summed E-state index contributed by atoms with van der Waals surface area (Å²) in [6.07, 6.45) is 0. The molecule has 0 spiro atoms. The van der Waals surface area contributed by atoms with Crippen LogP contribution in [0.4, 0.5) is 10.5 Å². The van der Waals surface area contributed by atoms with Crippen LogP contribution in [0.25, 0.3) is 0 Å². The molecular weight excluding hydrogens is 284 g/mol. The van der Waals surface area contributed by atoms with Gasteiger partial charge >= 0.3 is 6.03 Å². The van der Waals surface area contributed by atoms with Crippen molar-refractivity contribution in [2.45, 2.75) is 46.6 Å². The van der Waals surface area contributed by atoms with E-state index in [0.29, 0.717) is 6.54 Å². The van der Waals surface area contributed by atoms with Crippen LogP contribution in [-0.4, -0.2) is 6.03 Å². The third kappa shape index (κ3) is 5.13. The number of rotatable bonds is 3. The smallest absolute Gasteiger partial charge is 0.319 e. The average Bonchev–Trinajstić information content (AvgIpc) is 2.44. The lowest BCUT2D eigenvalue weighted by atomic mass is 9.87. The molecule has 2 rings (SSSR count). The van der Waals surface area contributed by atoms with E-state index in [1.54, 1.807) is 0 Å². The summed E-state index contributed by atoms with van der Waals surface area (Å²) in [7, 11) is 0. The molecule has 0 radical (unpaired) electrons. The van der Waals surface area contributed by atoms with Crippen LogP contribution in [-0.2, 0) is 12.0 Å². The number of benzene rings is 2. The van der Waals surface area contributed by atoms with E-state index in [9.17, 15) is 4.79 Å². The largest absolute Gasteiger partial charge is 0.334 e. The Balaban J connectivity index is 1.92. The van der Waals surface area contributed by atoms with Gasteiger partial charge in [-0.15, -0.1) is 0 Å². The van der Waals surface area contributed by atoms with Crippen molar-refractivity contribution in [3.63, 3.8) is 0 Å². The number of nitrogens with one attached hydrogen (secondary N) is 2. The number of aryl methyl sites for hydroxylation is 2. The molecule has 122 valence electrons. The predicted molar refractivity (Wildman–Crippen MR) is 96.9 cm³/mol. The second kappa shape index (κ2) is 6.86. The Morgan fingerprint density at radius 2 is 1.52 bits per heavy atom. The molecule has 2 N–H and O–H groups in total. The minimum atomic E-state index is -0.187. The summed E-state index contributed by atoms with van der Waals surface area (Å²) in [5, 5.41) is 5.77. The fourth-order valence-corrected chi connectivity index (χ4v) is 2.58. The summed E-state index contributed by atoms with van der Waals surface area (Å²) >= 11 is 0. The highest BCUT2D eigenvalue weighted by atomic mass is 16.2. The van der Waals surface area contributed by atoms with Crippen molar-refractivity contribution in [1.29, 1.82) is 0 Å². The highest BCUT2D eigenvalue weighted by molar-refractivity contribution is 5.89. The number of hydrogen-bond acceptors (Lipinski definition) is 1. The van der Waals surface area contributed by atoms with Crippen LogP contribution in [0.5, 0.6) is 0 Å². The zero-order valence-corrected chi connectivity index (χ0v) is 14.7. The molecule has 0 aromatic heterocycles. The molecule has 0 saturated heterocycles. The second-order valence-electron chi connectivity index (χ2n) is 7.13. The van der Waals surface area contributed by atoms with Crippen LogP contribution in [0, 0.1) is 13.8 Å². The molecule has 0 aliphatic rings. The molecule has 23 heavy (non-hydrogen) atoms. The maximum Gasteiger partial charge on any atom is 0.319 e. The Labute approximate surface area is 139 Å². The molecule has 3 nitrogen and oxygen atoms in total. The lowest BCUT2D eigenvalue weighted by Gasteiger charge is -2.19. The number of anilines is 1. The van der Waals surface area contributed by atoms with Crippen LogP contribution >= 0.6 is 0 Å². The Bertz CT molecular complexity index is 662. The molecule has 0 unspecified atom stereocenters. The van der Waals surface area contributed by atoms with E-state index in [2.05, 4.69) is 75.6 Å². The standard InChI is InChI=1S/C20H26N2O/c1-14-10-15(2)12-16(11-14)13-21-19(23)22-18-8-6-17(7-9-18)20(3,4)5/h6-12H,13H2,1-5H3,(H2,21,22,23). The van der Waals surface area contributed by atoms with Gasteiger partial charge in [0, 0.05) is 12.2 Å². The van der Waals surface area contributed by atoms with Gasteiger partial charge in [-0.25, -0.2) is 4.79 Å². The Kier molecular flexibility index (Phi) is 5.09. The van der Waals surface area contributed by atoms with Gasteiger partial charge in [-0.05, 0) is 42.5 Å². The number of hydrogen-bond donors (Lipinski definition) is 2. The molecule has 2 aromatic carbocycles. The maximum absolute atomic E-state index is 12.0. The highest BCUT2D eigenvalue weighted by Crippen LogP contribution is 2.23. The summed E-state index contributed by atoms with van der Waals surface area (Å²) in [6, 6.07) is 14.1. The zero-order valence-electron chi connectivity index (χ0n) is 14.7. The number of urea groups is 1. The number of amides is 2. The molecule has 0 atom stereocenters. The van der Waals surface area contributed by atoms with Crippen molar-refractivity contribution in [2.75, 3.05) is 5.32 Å². The highest BCUT2D eigenvalue weighted by Gasteiger charge is 2.13. The van der Waals surface area contributed by atoms with E-state index in [1.165, 1.54) is 16.7 Å². The van der Waals surface area contributed by atoms with E-state index >= 15 is 0 Å². The molecule has 0 aliphatic heterocycles. The Morgan fingerprint density at radius 3 is 2.04 bits per heavy atom. The fraction of sp³-hybridized carbons (Fsp3) is 0.350. The topological polar surface area (TPSA) is 41.1 Å². The van der Waals surface area contributed by atoms with Gasteiger partial charge in [-0.1, -0.05) is 62.2 Å². The molecular formula is C20H26N2O. The SMILES string of the molecule is Cc1cc(C)cc(CNC(=O)Nc2ccc(C(C)(C)C)cc2)c1. The third-order valence-corrected chi connectivity index (χ3v) is 3.74. The van der Waals surface area contributed by atoms with Gasteiger partial charge in [0.05, 0.1) is 0 Å². The molecule has 0 bridgehead atoms. The normalized spacial score (nSPS) is 11.2. The van der Waals surface area contributed by atoms with Gasteiger partial charge in [0.15, 0.2) is 0 Å². The van der Waals surface area contributed by atoms with E-state index in [1.807, 2.05) is 12.1 Å². The molecule has 3 heteroatoms. The van der Waals surface area contributed by atoms with Crippen LogP contribution in [0.3, 0.4) is 0 Å². The fourth-order valence-electron chi connectivity index (χ4n) is 2.58. The van der Waals surface area contributed by atoms with Gasteiger partial charge in [-0.3, -0.25) is 0 Å². The first-order chi connectivity index (χ1) is 10.7. The molecule has 2 amide bonds. The minimum absolute atomic E-state index is 0.115. The molecule has 2 aromatic rings. The van der Waals surface area contributed by atoms with Crippen molar-refractivity contribution in [3.05, 3.63) is 64.7 Å². The number of carbonyl (C=O) groups excluding carboxylic acids is 1. The maximum atomic E-state index is 12.0. The number of carbonyl (C=O) groups is 1. The summed E-state index contributed by atoms with van der Waals surface area (Å²) in [5.41, 5.74) is 5.69. The molecule has 0 heterocycles. The Morgan fingerprint density at radius 1 is 0.957 bits per heavy atom. The van der Waals surface area contributed by atoms with Crippen LogP contribution in [0.1, 0.15) is 43.0 Å². The molecule has 0 fully saturated rings. The first kappa shape index (κ1) is 17.1. The van der Waals surface area contributed by atoms with Gasteiger partial charge in [0.1, 0.15) is 0 Å². The van der Waals surface area contributed by atoms with Gasteiger partial charge in [-0.2, -0.15) is 0 Å². The second-order valence-corrected chi connectivity index (χ2v) is 7.13. The zero-order chi connectivity index (χ0) is 17.0. The van der Waals surface area contributed by atoms with Gasteiger partial charge < -0.3 is 10.6 Å². The predicted octanol–water partition coefficient (Wildman–Crippen LogP) is 4.92. The van der Waals surface area contributed by atoms with E-state index in [0.717, 1.165) is 11.3 Å². The lowest BCUT2D eigenvalue weighted by molar-refractivity contribution is 0.251. The summed E-state index contributed by atoms with van der Waals surface area (Å²) in [4.78, 5) is 12.0. The van der Waals surface area contributed by atoms with Crippen LogP contribution < -0.4 is 10.6 Å². The summed E-state index contributed by atoms with van der Waals surface area (Å²) in [5.74, 6) is 0. The van der Waals surface area contributed by atoms with Crippen molar-refractivity contribution < 1.29 is 4.79 Å². The van der Waals surface area contributed by atoms with Crippen molar-refractivity contribution in [2.24, 2.45) is 0 Å². The minimum Gasteiger partial charge on any atom is -0.334 e. The van der Waals surface area contributed by atoms with Crippen molar-refractivity contribution in [3.8, 4) is 0 Å². The van der Waals surface area contributed by atoms with Crippen LogP contribution in [0.2, 0.25) is 0 Å². The van der Waals surface area contributed by atoms with Crippen LogP contribution in [0.15, 0.2) is 42.5 Å². The van der Waals surface area contributed by atoms with Gasteiger partial charge in [0.2, 0.25) is 0 Å². The Hall–Kier alpha value is -2.29. The molecule has 0 aliphatic carbocycles. The molecule has 0 saturated carbocycles. The van der Waals surface area contributed by atoms with E-state index < -0.39 is 0 Å².